The molecule has 8 aromatic carbocycles. The van der Waals surface area contributed by atoms with Crippen molar-refractivity contribution in [3.05, 3.63) is 176 Å². The van der Waals surface area contributed by atoms with Crippen LogP contribution in [-0.2, 0) is 0 Å². The van der Waals surface area contributed by atoms with E-state index in [0.717, 1.165) is 11.0 Å². The molecule has 2 heterocycles. The maximum absolute atomic E-state index is 5.07. The van der Waals surface area contributed by atoms with Gasteiger partial charge >= 0.3 is 0 Å². The summed E-state index contributed by atoms with van der Waals surface area (Å²) in [6, 6.07) is 64.0. The summed E-state index contributed by atoms with van der Waals surface area (Å²) >= 11 is 1.82. The lowest BCUT2D eigenvalue weighted by molar-refractivity contribution is 1.52. The third-order valence-corrected chi connectivity index (χ3v) is 11.0. The van der Waals surface area contributed by atoms with Crippen molar-refractivity contribution in [2.45, 2.75) is 0 Å². The molecule has 0 aliphatic carbocycles. The number of hydrogen-bond donors (Lipinski definition) is 0. The molecule has 228 valence electrons. The Labute approximate surface area is 288 Å². The SMILES string of the molecule is c1ccc(-c2ccc(-c3c4ccccc4c(-c4ccc(-c5ccc6nc7c(cc6c5)sc5ccccc57)cc4)c4ccccc34)cc2)cc1. The molecule has 0 aliphatic heterocycles. The van der Waals surface area contributed by atoms with Crippen LogP contribution in [-0.4, -0.2) is 4.98 Å². The Hall–Kier alpha value is -6.09. The second-order valence-corrected chi connectivity index (χ2v) is 13.8. The normalized spacial score (nSPS) is 11.7. The van der Waals surface area contributed by atoms with Crippen LogP contribution in [0.25, 0.3) is 97.3 Å². The fraction of sp³-hybridized carbons (Fsp3) is 0. The molecule has 0 saturated heterocycles. The Morgan fingerprint density at radius 1 is 0.327 bits per heavy atom. The molecule has 0 saturated carbocycles. The summed E-state index contributed by atoms with van der Waals surface area (Å²) in [5.74, 6) is 0. The van der Waals surface area contributed by atoms with E-state index in [2.05, 4.69) is 176 Å². The summed E-state index contributed by atoms with van der Waals surface area (Å²) in [5, 5.41) is 7.47. The van der Waals surface area contributed by atoms with Crippen molar-refractivity contribution in [1.82, 2.24) is 4.98 Å². The molecule has 1 nitrogen and oxygen atoms in total. The Morgan fingerprint density at radius 3 is 1.37 bits per heavy atom. The van der Waals surface area contributed by atoms with E-state index in [1.165, 1.54) is 86.2 Å². The molecule has 0 spiro atoms. The van der Waals surface area contributed by atoms with Gasteiger partial charge in [0.1, 0.15) is 0 Å². The topological polar surface area (TPSA) is 12.9 Å². The number of fused-ring (bicyclic) bond motifs is 6. The molecule has 0 N–H and O–H groups in total. The van der Waals surface area contributed by atoms with E-state index in [1.807, 2.05) is 11.3 Å². The molecule has 10 rings (SSSR count). The third-order valence-electron chi connectivity index (χ3n) is 9.86. The Balaban J connectivity index is 1.08. The van der Waals surface area contributed by atoms with Gasteiger partial charge in [-0.1, -0.05) is 152 Å². The number of pyridine rings is 1. The molecule has 0 amide bonds. The zero-order valence-corrected chi connectivity index (χ0v) is 27.4. The quantitative estimate of drug-likeness (QED) is 0.175. The number of benzene rings is 8. The van der Waals surface area contributed by atoms with E-state index in [4.69, 9.17) is 4.98 Å². The lowest BCUT2D eigenvalue weighted by Crippen LogP contribution is -1.91. The molecule has 2 heteroatoms. The fourth-order valence-corrected chi connectivity index (χ4v) is 8.61. The molecule has 0 atom stereocenters. The summed E-state index contributed by atoms with van der Waals surface area (Å²) in [6.45, 7) is 0. The minimum Gasteiger partial charge on any atom is -0.246 e. The first kappa shape index (κ1) is 28.0. The highest BCUT2D eigenvalue weighted by Gasteiger charge is 2.17. The van der Waals surface area contributed by atoms with E-state index in [1.54, 1.807) is 0 Å². The van der Waals surface area contributed by atoms with Gasteiger partial charge in [-0.25, -0.2) is 4.98 Å². The van der Waals surface area contributed by atoms with Crippen LogP contribution in [0.5, 0.6) is 0 Å². The molecule has 0 radical (unpaired) electrons. The minimum absolute atomic E-state index is 1.03. The van der Waals surface area contributed by atoms with E-state index in [-0.39, 0.29) is 0 Å². The predicted molar refractivity (Wildman–Crippen MR) is 211 cm³/mol. The maximum Gasteiger partial charge on any atom is 0.0896 e. The standard InChI is InChI=1S/C47H29NS/c1-2-10-30(11-3-1)31-18-22-33(23-19-31)45-37-12-4-6-14-39(37)46(40-15-7-5-13-38(40)45)34-24-20-32(21-25-34)35-26-27-42-36(28-35)29-44-47(48-42)41-16-8-9-17-43(41)49-44/h1-29H. The van der Waals surface area contributed by atoms with E-state index in [0.29, 0.717) is 0 Å². The number of thiophene rings is 1. The predicted octanol–water partition coefficient (Wildman–Crippen LogP) is 13.6. The third kappa shape index (κ3) is 4.64. The summed E-state index contributed by atoms with van der Waals surface area (Å²) in [5.41, 5.74) is 12.0. The molecule has 49 heavy (non-hydrogen) atoms. The highest BCUT2D eigenvalue weighted by molar-refractivity contribution is 7.25. The first-order valence-electron chi connectivity index (χ1n) is 16.7. The van der Waals surface area contributed by atoms with Gasteiger partial charge in [-0.05, 0) is 90.3 Å². The molecule has 10 aromatic rings. The first-order valence-corrected chi connectivity index (χ1v) is 17.5. The molecule has 0 bridgehead atoms. The number of rotatable bonds is 4. The zero-order valence-electron chi connectivity index (χ0n) is 26.6. The number of aromatic nitrogens is 1. The van der Waals surface area contributed by atoms with E-state index < -0.39 is 0 Å². The number of hydrogen-bond acceptors (Lipinski definition) is 2. The van der Waals surface area contributed by atoms with Crippen molar-refractivity contribution < 1.29 is 0 Å². The Morgan fingerprint density at radius 2 is 0.776 bits per heavy atom. The lowest BCUT2D eigenvalue weighted by atomic mass is 9.85. The summed E-state index contributed by atoms with van der Waals surface area (Å²) in [4.78, 5) is 5.07. The number of nitrogens with zero attached hydrogens (tertiary/aromatic N) is 1. The molecule has 0 fully saturated rings. The van der Waals surface area contributed by atoms with Crippen LogP contribution in [0.3, 0.4) is 0 Å². The van der Waals surface area contributed by atoms with Crippen molar-refractivity contribution >= 4 is 64.1 Å². The largest absolute Gasteiger partial charge is 0.246 e. The van der Waals surface area contributed by atoms with Gasteiger partial charge in [-0.3, -0.25) is 0 Å². The highest BCUT2D eigenvalue weighted by Crippen LogP contribution is 2.44. The van der Waals surface area contributed by atoms with Gasteiger partial charge in [-0.2, -0.15) is 0 Å². The monoisotopic (exact) mass is 639 g/mol. The minimum atomic E-state index is 1.03. The van der Waals surface area contributed by atoms with Crippen LogP contribution >= 0.6 is 11.3 Å². The van der Waals surface area contributed by atoms with Crippen LogP contribution in [0.4, 0.5) is 0 Å². The van der Waals surface area contributed by atoms with Crippen molar-refractivity contribution in [1.29, 1.82) is 0 Å². The summed E-state index contributed by atoms with van der Waals surface area (Å²) in [6.07, 6.45) is 0. The lowest BCUT2D eigenvalue weighted by Gasteiger charge is -2.18. The zero-order chi connectivity index (χ0) is 32.3. The summed E-state index contributed by atoms with van der Waals surface area (Å²) < 4.78 is 2.51. The van der Waals surface area contributed by atoms with Gasteiger partial charge in [0.05, 0.1) is 15.7 Å². The van der Waals surface area contributed by atoms with Crippen LogP contribution in [0.2, 0.25) is 0 Å². The second-order valence-electron chi connectivity index (χ2n) is 12.7. The Bertz CT molecular complexity index is 2790. The van der Waals surface area contributed by atoms with Crippen molar-refractivity contribution in [3.8, 4) is 44.5 Å². The van der Waals surface area contributed by atoms with Gasteiger partial charge in [0.25, 0.3) is 0 Å². The average Bonchev–Trinajstić information content (AvgIpc) is 3.53. The maximum atomic E-state index is 5.07. The van der Waals surface area contributed by atoms with E-state index in [9.17, 15) is 0 Å². The highest BCUT2D eigenvalue weighted by atomic mass is 32.1. The van der Waals surface area contributed by atoms with Crippen LogP contribution in [0.1, 0.15) is 0 Å². The van der Waals surface area contributed by atoms with Crippen LogP contribution in [0, 0.1) is 0 Å². The Kier molecular flexibility index (Phi) is 6.43. The van der Waals surface area contributed by atoms with Crippen LogP contribution < -0.4 is 0 Å². The fourth-order valence-electron chi connectivity index (χ4n) is 7.52. The van der Waals surface area contributed by atoms with Gasteiger partial charge < -0.3 is 0 Å². The smallest absolute Gasteiger partial charge is 0.0896 e. The second kappa shape index (κ2) is 11.3. The van der Waals surface area contributed by atoms with Crippen molar-refractivity contribution in [3.63, 3.8) is 0 Å². The molecule has 0 aliphatic rings. The van der Waals surface area contributed by atoms with E-state index >= 15 is 0 Å². The molecular weight excluding hydrogens is 611 g/mol. The van der Waals surface area contributed by atoms with Gasteiger partial charge in [0.15, 0.2) is 0 Å². The molecule has 0 unspecified atom stereocenters. The van der Waals surface area contributed by atoms with Gasteiger partial charge in [0.2, 0.25) is 0 Å². The van der Waals surface area contributed by atoms with Crippen molar-refractivity contribution in [2.75, 3.05) is 0 Å². The van der Waals surface area contributed by atoms with Crippen LogP contribution in [0.15, 0.2) is 176 Å². The molecular formula is C47H29NS. The van der Waals surface area contributed by atoms with Crippen molar-refractivity contribution in [2.24, 2.45) is 0 Å². The molecule has 2 aromatic heterocycles. The summed E-state index contributed by atoms with van der Waals surface area (Å²) in [7, 11) is 0. The average molecular weight is 640 g/mol. The van der Waals surface area contributed by atoms with Gasteiger partial charge in [0, 0.05) is 15.5 Å². The first-order chi connectivity index (χ1) is 24.3. The van der Waals surface area contributed by atoms with Gasteiger partial charge in [-0.15, -0.1) is 11.3 Å².